The van der Waals surface area contributed by atoms with Crippen LogP contribution in [0.15, 0.2) is 48.5 Å². The summed E-state index contributed by atoms with van der Waals surface area (Å²) < 4.78 is 13.4. The molecule has 0 aliphatic heterocycles. The Morgan fingerprint density at radius 1 is 1.05 bits per heavy atom. The second kappa shape index (κ2) is 6.19. The Morgan fingerprint density at radius 3 is 2.25 bits per heavy atom. The van der Waals surface area contributed by atoms with Gasteiger partial charge in [0.15, 0.2) is 0 Å². The van der Waals surface area contributed by atoms with Crippen molar-refractivity contribution >= 4 is 0 Å². The van der Waals surface area contributed by atoms with Crippen LogP contribution >= 0.6 is 0 Å². The Kier molecular flexibility index (Phi) is 4.56. The summed E-state index contributed by atoms with van der Waals surface area (Å²) in [6.45, 7) is 4.08. The van der Waals surface area contributed by atoms with Gasteiger partial charge in [0.05, 0.1) is 6.61 Å². The Balaban J connectivity index is 2.26. The highest BCUT2D eigenvalue weighted by molar-refractivity contribution is 5.31. The zero-order chi connectivity index (χ0) is 14.6. The maximum absolute atomic E-state index is 13.4. The van der Waals surface area contributed by atoms with Gasteiger partial charge in [-0.15, -0.1) is 0 Å². The molecule has 0 aliphatic rings. The second-order valence-corrected chi connectivity index (χ2v) is 5.58. The van der Waals surface area contributed by atoms with Crippen LogP contribution in [0.3, 0.4) is 0 Å². The van der Waals surface area contributed by atoms with Crippen LogP contribution in [0, 0.1) is 5.82 Å². The Hall–Kier alpha value is -1.67. The number of hydrogen-bond acceptors (Lipinski definition) is 1. The van der Waals surface area contributed by atoms with E-state index in [1.165, 1.54) is 17.7 Å². The van der Waals surface area contributed by atoms with Crippen molar-refractivity contribution in [1.82, 2.24) is 0 Å². The fourth-order valence-electron chi connectivity index (χ4n) is 2.46. The number of aryl methyl sites for hydroxylation is 1. The molecule has 0 aromatic heterocycles. The zero-order valence-electron chi connectivity index (χ0n) is 12.1. The minimum Gasteiger partial charge on any atom is -0.395 e. The molecule has 106 valence electrons. The quantitative estimate of drug-likeness (QED) is 0.875. The molecule has 2 aromatic rings. The van der Waals surface area contributed by atoms with E-state index >= 15 is 0 Å². The van der Waals surface area contributed by atoms with Gasteiger partial charge in [-0.3, -0.25) is 0 Å². The van der Waals surface area contributed by atoms with Crippen molar-refractivity contribution in [3.05, 3.63) is 71.0 Å². The first-order valence-electron chi connectivity index (χ1n) is 7.02. The van der Waals surface area contributed by atoms with E-state index in [4.69, 9.17) is 0 Å². The van der Waals surface area contributed by atoms with E-state index < -0.39 is 5.41 Å². The van der Waals surface area contributed by atoms with E-state index in [1.54, 1.807) is 6.07 Å². The third kappa shape index (κ3) is 3.26. The molecule has 0 saturated carbocycles. The van der Waals surface area contributed by atoms with Gasteiger partial charge in [0.2, 0.25) is 0 Å². The third-order valence-corrected chi connectivity index (χ3v) is 3.90. The first-order chi connectivity index (χ1) is 9.57. The van der Waals surface area contributed by atoms with E-state index in [9.17, 15) is 9.50 Å². The third-order valence-electron chi connectivity index (χ3n) is 3.90. The molecule has 0 radical (unpaired) electrons. The van der Waals surface area contributed by atoms with Crippen molar-refractivity contribution in [3.63, 3.8) is 0 Å². The molecule has 1 unspecified atom stereocenters. The van der Waals surface area contributed by atoms with E-state index in [-0.39, 0.29) is 12.4 Å². The zero-order valence-corrected chi connectivity index (χ0v) is 12.1. The van der Waals surface area contributed by atoms with Crippen LogP contribution in [0.5, 0.6) is 0 Å². The van der Waals surface area contributed by atoms with Gasteiger partial charge in [-0.05, 0) is 41.7 Å². The molecule has 1 N–H and O–H groups in total. The van der Waals surface area contributed by atoms with Gasteiger partial charge in [0.25, 0.3) is 0 Å². The van der Waals surface area contributed by atoms with Crippen LogP contribution in [-0.2, 0) is 18.3 Å². The minimum atomic E-state index is -0.462. The summed E-state index contributed by atoms with van der Waals surface area (Å²) in [5, 5.41) is 9.77. The fourth-order valence-corrected chi connectivity index (χ4v) is 2.46. The topological polar surface area (TPSA) is 20.2 Å². The lowest BCUT2D eigenvalue weighted by Crippen LogP contribution is -2.29. The van der Waals surface area contributed by atoms with Crippen molar-refractivity contribution in [2.24, 2.45) is 0 Å². The van der Waals surface area contributed by atoms with E-state index in [2.05, 4.69) is 31.2 Å². The second-order valence-electron chi connectivity index (χ2n) is 5.58. The average Bonchev–Trinajstić information content (AvgIpc) is 2.48. The molecule has 0 aliphatic carbocycles. The van der Waals surface area contributed by atoms with Crippen molar-refractivity contribution in [2.75, 3.05) is 6.61 Å². The monoisotopic (exact) mass is 272 g/mol. The van der Waals surface area contributed by atoms with Crippen LogP contribution in [-0.4, -0.2) is 11.7 Å². The molecule has 0 saturated heterocycles. The summed E-state index contributed by atoms with van der Waals surface area (Å²) in [6, 6.07) is 14.9. The maximum atomic E-state index is 13.4. The van der Waals surface area contributed by atoms with Gasteiger partial charge in [-0.25, -0.2) is 4.39 Å². The highest BCUT2D eigenvalue weighted by Crippen LogP contribution is 2.28. The van der Waals surface area contributed by atoms with Gasteiger partial charge in [0.1, 0.15) is 5.82 Å². The molecular formula is C18H21FO. The normalized spacial score (nSPS) is 14.0. The molecule has 2 aromatic carbocycles. The fraction of sp³-hybridized carbons (Fsp3) is 0.333. The first kappa shape index (κ1) is 14.7. The summed E-state index contributed by atoms with van der Waals surface area (Å²) in [7, 11) is 0. The average molecular weight is 272 g/mol. The highest BCUT2D eigenvalue weighted by Gasteiger charge is 2.26. The lowest BCUT2D eigenvalue weighted by Gasteiger charge is -2.28. The lowest BCUT2D eigenvalue weighted by molar-refractivity contribution is 0.204. The molecule has 0 fully saturated rings. The summed E-state index contributed by atoms with van der Waals surface area (Å²) in [4.78, 5) is 0. The summed E-state index contributed by atoms with van der Waals surface area (Å²) in [6.07, 6.45) is 1.71. The molecule has 0 spiro atoms. The van der Waals surface area contributed by atoms with Gasteiger partial charge in [-0.1, -0.05) is 50.2 Å². The van der Waals surface area contributed by atoms with Gasteiger partial charge in [0, 0.05) is 5.41 Å². The summed E-state index contributed by atoms with van der Waals surface area (Å²) in [5.41, 5.74) is 2.82. The number of halogens is 1. The van der Waals surface area contributed by atoms with Crippen LogP contribution in [0.1, 0.15) is 30.5 Å². The predicted octanol–water partition coefficient (Wildman–Crippen LogP) is 3.88. The standard InChI is InChI=1S/C18H21FO/c1-3-14-7-9-15(10-8-14)12-18(2,13-20)16-5-4-6-17(19)11-16/h4-11,20H,3,12-13H2,1-2H3. The van der Waals surface area contributed by atoms with Crippen LogP contribution in [0.4, 0.5) is 4.39 Å². The van der Waals surface area contributed by atoms with Gasteiger partial charge < -0.3 is 5.11 Å². The van der Waals surface area contributed by atoms with E-state index in [0.29, 0.717) is 6.42 Å². The molecule has 2 rings (SSSR count). The predicted molar refractivity (Wildman–Crippen MR) is 80.4 cm³/mol. The number of aliphatic hydroxyl groups is 1. The Morgan fingerprint density at radius 2 is 1.70 bits per heavy atom. The van der Waals surface area contributed by atoms with Crippen LogP contribution < -0.4 is 0 Å². The van der Waals surface area contributed by atoms with Gasteiger partial charge >= 0.3 is 0 Å². The van der Waals surface area contributed by atoms with Crippen LogP contribution in [0.2, 0.25) is 0 Å². The molecule has 0 bridgehead atoms. The van der Waals surface area contributed by atoms with Crippen molar-refractivity contribution in [1.29, 1.82) is 0 Å². The first-order valence-corrected chi connectivity index (χ1v) is 7.02. The SMILES string of the molecule is CCc1ccc(CC(C)(CO)c2cccc(F)c2)cc1. The molecule has 0 amide bonds. The van der Waals surface area contributed by atoms with Gasteiger partial charge in [-0.2, -0.15) is 0 Å². The molecular weight excluding hydrogens is 251 g/mol. The Labute approximate surface area is 120 Å². The van der Waals surface area contributed by atoms with Crippen molar-refractivity contribution in [3.8, 4) is 0 Å². The molecule has 1 atom stereocenters. The van der Waals surface area contributed by atoms with Crippen LogP contribution in [0.25, 0.3) is 0 Å². The largest absolute Gasteiger partial charge is 0.395 e. The lowest BCUT2D eigenvalue weighted by atomic mass is 9.78. The van der Waals surface area contributed by atoms with Crippen molar-refractivity contribution < 1.29 is 9.50 Å². The minimum absolute atomic E-state index is 0.00795. The van der Waals surface area contributed by atoms with Crippen molar-refractivity contribution in [2.45, 2.75) is 32.1 Å². The summed E-state index contributed by atoms with van der Waals surface area (Å²) in [5.74, 6) is -0.261. The smallest absolute Gasteiger partial charge is 0.123 e. The van der Waals surface area contributed by atoms with E-state index in [0.717, 1.165) is 17.5 Å². The maximum Gasteiger partial charge on any atom is 0.123 e. The van der Waals surface area contributed by atoms with E-state index in [1.807, 2.05) is 13.0 Å². The molecule has 20 heavy (non-hydrogen) atoms. The summed E-state index contributed by atoms with van der Waals surface area (Å²) >= 11 is 0. The highest BCUT2D eigenvalue weighted by atomic mass is 19.1. The number of hydrogen-bond donors (Lipinski definition) is 1. The Bertz CT molecular complexity index is 562. The molecule has 0 heterocycles. The molecule has 2 heteroatoms. The number of aliphatic hydroxyl groups excluding tert-OH is 1. The molecule has 1 nitrogen and oxygen atoms in total. The number of benzene rings is 2. The number of rotatable bonds is 5.